The first-order valence-electron chi connectivity index (χ1n) is 8.95. The van der Waals surface area contributed by atoms with Crippen molar-refractivity contribution in [2.75, 3.05) is 24.5 Å². The molecule has 0 radical (unpaired) electrons. The molecule has 2 fully saturated rings. The summed E-state index contributed by atoms with van der Waals surface area (Å²) in [4.78, 5) is 23.7. The molecule has 1 saturated carbocycles. The lowest BCUT2D eigenvalue weighted by molar-refractivity contribution is -0.125. The lowest BCUT2D eigenvalue weighted by Gasteiger charge is -2.33. The first-order chi connectivity index (χ1) is 11.7. The number of rotatable bonds is 4. The Kier molecular flexibility index (Phi) is 4.08. The first kappa shape index (κ1) is 15.4. The monoisotopic (exact) mass is 324 g/mol. The standard InChI is InChI=1S/C19H24N4O/c1-13-4-2-6-16-17(13)21-12-22-18(16)23-9-3-5-15(11-23)19(24)20-10-14-7-8-14/h2,4,6,12,14-15H,3,5,7-11H2,1H3,(H,20,24)/t15-/m1/s1. The van der Waals surface area contributed by atoms with E-state index in [2.05, 4.69) is 39.2 Å². The molecular formula is C19H24N4O. The van der Waals surface area contributed by atoms with Gasteiger partial charge in [-0.15, -0.1) is 0 Å². The van der Waals surface area contributed by atoms with Gasteiger partial charge >= 0.3 is 0 Å². The van der Waals surface area contributed by atoms with Crippen LogP contribution < -0.4 is 10.2 Å². The maximum atomic E-state index is 12.5. The maximum absolute atomic E-state index is 12.5. The van der Waals surface area contributed by atoms with Crippen molar-refractivity contribution in [1.29, 1.82) is 0 Å². The van der Waals surface area contributed by atoms with E-state index in [4.69, 9.17) is 0 Å². The number of aryl methyl sites for hydroxylation is 1. The van der Waals surface area contributed by atoms with Crippen molar-refractivity contribution in [3.05, 3.63) is 30.1 Å². The van der Waals surface area contributed by atoms with Gasteiger partial charge in [-0.25, -0.2) is 9.97 Å². The molecule has 1 atom stereocenters. The van der Waals surface area contributed by atoms with Crippen LogP contribution in [-0.2, 0) is 4.79 Å². The number of amides is 1. The van der Waals surface area contributed by atoms with Gasteiger partial charge in [0.05, 0.1) is 11.4 Å². The van der Waals surface area contributed by atoms with Gasteiger partial charge in [-0.2, -0.15) is 0 Å². The zero-order valence-corrected chi connectivity index (χ0v) is 14.2. The van der Waals surface area contributed by atoms with Crippen molar-refractivity contribution in [3.63, 3.8) is 0 Å². The molecule has 1 aliphatic heterocycles. The molecule has 2 aliphatic rings. The summed E-state index contributed by atoms with van der Waals surface area (Å²) in [5, 5.41) is 4.21. The van der Waals surface area contributed by atoms with Crippen LogP contribution in [0.1, 0.15) is 31.2 Å². The van der Waals surface area contributed by atoms with Crippen molar-refractivity contribution in [2.24, 2.45) is 11.8 Å². The molecule has 24 heavy (non-hydrogen) atoms. The topological polar surface area (TPSA) is 58.1 Å². The lowest BCUT2D eigenvalue weighted by atomic mass is 9.96. The molecule has 126 valence electrons. The molecule has 2 heterocycles. The third kappa shape index (κ3) is 3.07. The number of nitrogens with one attached hydrogen (secondary N) is 1. The number of piperidine rings is 1. The zero-order valence-electron chi connectivity index (χ0n) is 14.2. The van der Waals surface area contributed by atoms with Gasteiger partial charge in [-0.3, -0.25) is 4.79 Å². The van der Waals surface area contributed by atoms with Gasteiger partial charge in [0, 0.05) is 25.0 Å². The number of carbonyl (C=O) groups excluding carboxylic acids is 1. The van der Waals surface area contributed by atoms with Crippen molar-refractivity contribution >= 4 is 22.6 Å². The van der Waals surface area contributed by atoms with E-state index in [9.17, 15) is 4.79 Å². The van der Waals surface area contributed by atoms with Crippen molar-refractivity contribution in [2.45, 2.75) is 32.6 Å². The minimum absolute atomic E-state index is 0.0623. The average Bonchev–Trinajstić information content (AvgIpc) is 3.44. The average molecular weight is 324 g/mol. The van der Waals surface area contributed by atoms with E-state index >= 15 is 0 Å². The zero-order chi connectivity index (χ0) is 16.5. The van der Waals surface area contributed by atoms with Gasteiger partial charge in [0.1, 0.15) is 12.1 Å². The van der Waals surface area contributed by atoms with E-state index in [1.807, 2.05) is 6.07 Å². The van der Waals surface area contributed by atoms with Crippen LogP contribution >= 0.6 is 0 Å². The lowest BCUT2D eigenvalue weighted by Crippen LogP contribution is -2.43. The van der Waals surface area contributed by atoms with Crippen LogP contribution in [0.25, 0.3) is 10.9 Å². The second-order valence-corrected chi connectivity index (χ2v) is 7.14. The highest BCUT2D eigenvalue weighted by atomic mass is 16.1. The Balaban J connectivity index is 1.53. The summed E-state index contributed by atoms with van der Waals surface area (Å²) in [5.41, 5.74) is 2.16. The van der Waals surface area contributed by atoms with E-state index in [1.165, 1.54) is 12.8 Å². The highest BCUT2D eigenvalue weighted by molar-refractivity contribution is 5.91. The molecule has 5 nitrogen and oxygen atoms in total. The van der Waals surface area contributed by atoms with Crippen LogP contribution in [0.5, 0.6) is 0 Å². The summed E-state index contributed by atoms with van der Waals surface area (Å²) in [6.45, 7) is 4.62. The predicted octanol–water partition coefficient (Wildman–Crippen LogP) is 2.68. The van der Waals surface area contributed by atoms with E-state index in [0.29, 0.717) is 0 Å². The summed E-state index contributed by atoms with van der Waals surface area (Å²) in [7, 11) is 0. The predicted molar refractivity (Wildman–Crippen MR) is 94.9 cm³/mol. The number of hydrogen-bond acceptors (Lipinski definition) is 4. The Labute approximate surface area is 142 Å². The summed E-state index contributed by atoms with van der Waals surface area (Å²) >= 11 is 0. The molecule has 1 aromatic heterocycles. The summed E-state index contributed by atoms with van der Waals surface area (Å²) in [6, 6.07) is 6.20. The Hall–Kier alpha value is -2.17. The second-order valence-electron chi connectivity index (χ2n) is 7.14. The number of fused-ring (bicyclic) bond motifs is 1. The van der Waals surface area contributed by atoms with Gasteiger partial charge in [0.15, 0.2) is 0 Å². The van der Waals surface area contributed by atoms with Crippen molar-refractivity contribution in [3.8, 4) is 0 Å². The summed E-state index contributed by atoms with van der Waals surface area (Å²) in [6.07, 6.45) is 6.17. The first-order valence-corrected chi connectivity index (χ1v) is 8.95. The normalized spacial score (nSPS) is 21.0. The molecule has 1 aliphatic carbocycles. The summed E-state index contributed by atoms with van der Waals surface area (Å²) < 4.78 is 0. The smallest absolute Gasteiger partial charge is 0.224 e. The number of benzene rings is 1. The molecule has 1 amide bonds. The maximum Gasteiger partial charge on any atom is 0.224 e. The minimum Gasteiger partial charge on any atom is -0.356 e. The number of anilines is 1. The minimum atomic E-state index is 0.0623. The van der Waals surface area contributed by atoms with Crippen LogP contribution in [0.15, 0.2) is 24.5 Å². The summed E-state index contributed by atoms with van der Waals surface area (Å²) in [5.74, 6) is 1.96. The SMILES string of the molecule is Cc1cccc2c(N3CCC[C@@H](C(=O)NCC4CC4)C3)ncnc12. The van der Waals surface area contributed by atoms with Crippen LogP contribution in [0, 0.1) is 18.8 Å². The van der Waals surface area contributed by atoms with E-state index < -0.39 is 0 Å². The van der Waals surface area contributed by atoms with E-state index in [-0.39, 0.29) is 11.8 Å². The van der Waals surface area contributed by atoms with Gasteiger partial charge in [-0.1, -0.05) is 12.1 Å². The Bertz CT molecular complexity index is 756. The van der Waals surface area contributed by atoms with Gasteiger partial charge in [0.25, 0.3) is 0 Å². The van der Waals surface area contributed by atoms with Gasteiger partial charge in [0.2, 0.25) is 5.91 Å². The number of aromatic nitrogens is 2. The third-order valence-electron chi connectivity index (χ3n) is 5.20. The quantitative estimate of drug-likeness (QED) is 0.939. The third-order valence-corrected chi connectivity index (χ3v) is 5.20. The molecule has 5 heteroatoms. The van der Waals surface area contributed by atoms with Crippen molar-refractivity contribution in [1.82, 2.24) is 15.3 Å². The van der Waals surface area contributed by atoms with Crippen LogP contribution in [-0.4, -0.2) is 35.5 Å². The highest BCUT2D eigenvalue weighted by Gasteiger charge is 2.29. The second kappa shape index (κ2) is 6.38. The van der Waals surface area contributed by atoms with Crippen LogP contribution in [0.2, 0.25) is 0 Å². The Morgan fingerprint density at radius 1 is 1.29 bits per heavy atom. The van der Waals surface area contributed by atoms with E-state index in [0.717, 1.165) is 60.7 Å². The molecule has 0 bridgehead atoms. The molecule has 1 saturated heterocycles. The fourth-order valence-electron chi connectivity index (χ4n) is 3.57. The van der Waals surface area contributed by atoms with Crippen molar-refractivity contribution < 1.29 is 4.79 Å². The van der Waals surface area contributed by atoms with Gasteiger partial charge in [-0.05, 0) is 50.2 Å². The highest BCUT2D eigenvalue weighted by Crippen LogP contribution is 2.30. The number of para-hydroxylation sites is 1. The number of nitrogens with zero attached hydrogens (tertiary/aromatic N) is 3. The number of hydrogen-bond donors (Lipinski definition) is 1. The van der Waals surface area contributed by atoms with E-state index in [1.54, 1.807) is 6.33 Å². The molecule has 4 rings (SSSR count). The molecule has 0 spiro atoms. The molecule has 1 aromatic carbocycles. The Morgan fingerprint density at radius 3 is 3.00 bits per heavy atom. The molecule has 0 unspecified atom stereocenters. The fourth-order valence-corrected chi connectivity index (χ4v) is 3.57. The Morgan fingerprint density at radius 2 is 2.17 bits per heavy atom. The van der Waals surface area contributed by atoms with Crippen LogP contribution in [0.4, 0.5) is 5.82 Å². The van der Waals surface area contributed by atoms with Crippen LogP contribution in [0.3, 0.4) is 0 Å². The largest absolute Gasteiger partial charge is 0.356 e. The molecule has 2 aromatic rings. The fraction of sp³-hybridized carbons (Fsp3) is 0.526. The number of carbonyl (C=O) groups is 1. The van der Waals surface area contributed by atoms with Gasteiger partial charge < -0.3 is 10.2 Å². The molecular weight excluding hydrogens is 300 g/mol. The molecule has 1 N–H and O–H groups in total.